The van der Waals surface area contributed by atoms with Crippen molar-refractivity contribution in [1.29, 1.82) is 0 Å². The zero-order valence-corrected chi connectivity index (χ0v) is 7.16. The van der Waals surface area contributed by atoms with Crippen LogP contribution in [0.3, 0.4) is 0 Å². The number of hydrogen-bond donors (Lipinski definition) is 0. The molecule has 2 N–H and O–H groups in total. The molecule has 0 saturated carbocycles. The van der Waals surface area contributed by atoms with E-state index in [4.69, 9.17) is 4.84 Å². The predicted octanol–water partition coefficient (Wildman–Crippen LogP) is 1.50. The molecule has 0 saturated heterocycles. The van der Waals surface area contributed by atoms with Crippen LogP contribution in [0.4, 0.5) is 0 Å². The summed E-state index contributed by atoms with van der Waals surface area (Å²) < 4.78 is 0. The Balaban J connectivity index is 0.000000845. The van der Waals surface area contributed by atoms with Gasteiger partial charge in [-0.1, -0.05) is 42.1 Å². The summed E-state index contributed by atoms with van der Waals surface area (Å²) in [7, 11) is 0. The Morgan fingerprint density at radius 1 is 1.23 bits per heavy atom. The van der Waals surface area contributed by atoms with E-state index in [-0.39, 0.29) is 5.48 Å². The van der Waals surface area contributed by atoms with Gasteiger partial charge in [-0.05, 0) is 5.56 Å². The molecule has 1 aromatic carbocycles. The number of nitrogens with zero attached hydrogens (tertiary/aromatic N) is 1. The lowest BCUT2D eigenvalue weighted by Crippen LogP contribution is -1.94. The molecular formula is C10H11NO2. The lowest BCUT2D eigenvalue weighted by Gasteiger charge is -1.94. The van der Waals surface area contributed by atoms with Crippen LogP contribution in [0, 0.1) is 0 Å². The molecule has 0 unspecified atom stereocenters. The molecule has 0 fully saturated rings. The minimum absolute atomic E-state index is 0. The van der Waals surface area contributed by atoms with Gasteiger partial charge in [0.1, 0.15) is 5.76 Å². The average molecular weight is 177 g/mol. The quantitative estimate of drug-likeness (QED) is 0.641. The molecule has 0 spiro atoms. The van der Waals surface area contributed by atoms with Crippen molar-refractivity contribution in [3.8, 4) is 0 Å². The summed E-state index contributed by atoms with van der Waals surface area (Å²) in [6, 6.07) is 9.98. The normalized spacial score (nSPS) is 14.5. The van der Waals surface area contributed by atoms with Crippen LogP contribution in [0.15, 0.2) is 47.8 Å². The van der Waals surface area contributed by atoms with Crippen LogP contribution in [0.1, 0.15) is 12.0 Å². The van der Waals surface area contributed by atoms with Crippen molar-refractivity contribution in [3.63, 3.8) is 0 Å². The highest BCUT2D eigenvalue weighted by molar-refractivity contribution is 6.02. The molecule has 0 atom stereocenters. The molecule has 3 nitrogen and oxygen atoms in total. The molecule has 0 bridgehead atoms. The van der Waals surface area contributed by atoms with Gasteiger partial charge in [0.15, 0.2) is 0 Å². The van der Waals surface area contributed by atoms with Crippen molar-refractivity contribution in [2.75, 3.05) is 0 Å². The minimum atomic E-state index is 0. The molecule has 68 valence electrons. The molecule has 1 heterocycles. The third-order valence-electron chi connectivity index (χ3n) is 1.76. The number of rotatable bonds is 1. The van der Waals surface area contributed by atoms with Crippen molar-refractivity contribution in [2.24, 2.45) is 5.16 Å². The summed E-state index contributed by atoms with van der Waals surface area (Å²) >= 11 is 0. The summed E-state index contributed by atoms with van der Waals surface area (Å²) in [5, 5.41) is 3.90. The van der Waals surface area contributed by atoms with E-state index < -0.39 is 0 Å². The van der Waals surface area contributed by atoms with Gasteiger partial charge in [0.25, 0.3) is 0 Å². The highest BCUT2D eigenvalue weighted by Crippen LogP contribution is 2.17. The van der Waals surface area contributed by atoms with Gasteiger partial charge < -0.3 is 10.3 Å². The van der Waals surface area contributed by atoms with Gasteiger partial charge in [-0.3, -0.25) is 0 Å². The third kappa shape index (κ3) is 1.95. The van der Waals surface area contributed by atoms with Gasteiger partial charge in [0.2, 0.25) is 0 Å². The first kappa shape index (κ1) is 9.48. The predicted molar refractivity (Wildman–Crippen MR) is 51.4 cm³/mol. The average Bonchev–Trinajstić information content (AvgIpc) is 2.54. The lowest BCUT2D eigenvalue weighted by atomic mass is 10.1. The van der Waals surface area contributed by atoms with E-state index in [1.165, 1.54) is 0 Å². The maximum Gasteiger partial charge on any atom is 0.134 e. The van der Waals surface area contributed by atoms with Crippen molar-refractivity contribution in [2.45, 2.75) is 6.42 Å². The summed E-state index contributed by atoms with van der Waals surface area (Å²) in [6.45, 7) is 3.69. The van der Waals surface area contributed by atoms with E-state index in [2.05, 4.69) is 11.7 Å². The number of benzene rings is 1. The Morgan fingerprint density at radius 3 is 2.46 bits per heavy atom. The first-order valence-electron chi connectivity index (χ1n) is 3.83. The second-order valence-corrected chi connectivity index (χ2v) is 2.71. The fourth-order valence-electron chi connectivity index (χ4n) is 1.16. The molecule has 0 radical (unpaired) electrons. The summed E-state index contributed by atoms with van der Waals surface area (Å²) in [4.78, 5) is 4.91. The maximum absolute atomic E-state index is 4.91. The van der Waals surface area contributed by atoms with E-state index >= 15 is 0 Å². The molecule has 0 aromatic heterocycles. The van der Waals surface area contributed by atoms with Gasteiger partial charge >= 0.3 is 0 Å². The Labute approximate surface area is 76.6 Å². The molecule has 0 amide bonds. The minimum Gasteiger partial charge on any atom is -0.412 e. The SMILES string of the molecule is C=C1CC(c2ccccc2)=NO1.O. The topological polar surface area (TPSA) is 53.1 Å². The molecule has 1 aromatic rings. The number of allylic oxidation sites excluding steroid dienone is 1. The van der Waals surface area contributed by atoms with Gasteiger partial charge in [0, 0.05) is 0 Å². The Morgan fingerprint density at radius 2 is 1.92 bits per heavy atom. The Bertz CT molecular complexity index is 330. The van der Waals surface area contributed by atoms with Crippen LogP contribution in [-0.4, -0.2) is 11.2 Å². The van der Waals surface area contributed by atoms with Crippen LogP contribution in [0.25, 0.3) is 0 Å². The zero-order chi connectivity index (χ0) is 8.39. The van der Waals surface area contributed by atoms with Crippen molar-refractivity contribution in [1.82, 2.24) is 0 Å². The van der Waals surface area contributed by atoms with Crippen molar-refractivity contribution in [3.05, 3.63) is 48.2 Å². The second kappa shape index (κ2) is 3.87. The highest BCUT2D eigenvalue weighted by Gasteiger charge is 2.13. The van der Waals surface area contributed by atoms with Gasteiger partial charge in [0.05, 0.1) is 12.1 Å². The fourth-order valence-corrected chi connectivity index (χ4v) is 1.16. The van der Waals surface area contributed by atoms with Crippen LogP contribution in [0.2, 0.25) is 0 Å². The van der Waals surface area contributed by atoms with Crippen molar-refractivity contribution < 1.29 is 10.3 Å². The van der Waals surface area contributed by atoms with E-state index in [0.29, 0.717) is 5.76 Å². The van der Waals surface area contributed by atoms with E-state index in [0.717, 1.165) is 17.7 Å². The molecule has 1 aliphatic heterocycles. The zero-order valence-electron chi connectivity index (χ0n) is 7.16. The van der Waals surface area contributed by atoms with Crippen molar-refractivity contribution >= 4 is 5.71 Å². The largest absolute Gasteiger partial charge is 0.412 e. The van der Waals surface area contributed by atoms with Gasteiger partial charge in [-0.25, -0.2) is 0 Å². The van der Waals surface area contributed by atoms with E-state index in [9.17, 15) is 0 Å². The lowest BCUT2D eigenvalue weighted by molar-refractivity contribution is 0.246. The molecule has 0 aliphatic carbocycles. The fraction of sp³-hybridized carbons (Fsp3) is 0.100. The third-order valence-corrected chi connectivity index (χ3v) is 1.76. The highest BCUT2D eigenvalue weighted by atomic mass is 16.6. The monoisotopic (exact) mass is 177 g/mol. The van der Waals surface area contributed by atoms with E-state index in [1.807, 2.05) is 30.3 Å². The molecule has 3 heteroatoms. The van der Waals surface area contributed by atoms with Crippen LogP contribution in [0.5, 0.6) is 0 Å². The first-order valence-corrected chi connectivity index (χ1v) is 3.83. The summed E-state index contributed by atoms with van der Waals surface area (Å²) in [6.07, 6.45) is 0.726. The second-order valence-electron chi connectivity index (χ2n) is 2.71. The van der Waals surface area contributed by atoms with Gasteiger partial charge in [-0.15, -0.1) is 0 Å². The van der Waals surface area contributed by atoms with Gasteiger partial charge in [-0.2, -0.15) is 0 Å². The summed E-state index contributed by atoms with van der Waals surface area (Å²) in [5.41, 5.74) is 2.07. The molecule has 2 rings (SSSR count). The smallest absolute Gasteiger partial charge is 0.134 e. The Hall–Kier alpha value is -1.61. The van der Waals surface area contributed by atoms with Crippen LogP contribution < -0.4 is 0 Å². The standard InChI is InChI=1S/C10H9NO.H2O/c1-8-7-10(11-12-8)9-5-3-2-4-6-9;/h2-6H,1,7H2;1H2. The summed E-state index contributed by atoms with van der Waals surface area (Å²) in [5.74, 6) is 0.717. The number of hydrogen-bond acceptors (Lipinski definition) is 2. The molecular weight excluding hydrogens is 166 g/mol. The molecule has 13 heavy (non-hydrogen) atoms. The van der Waals surface area contributed by atoms with E-state index in [1.54, 1.807) is 0 Å². The molecule has 1 aliphatic rings. The first-order chi connectivity index (χ1) is 5.86. The van der Waals surface area contributed by atoms with Crippen LogP contribution >= 0.6 is 0 Å². The van der Waals surface area contributed by atoms with Crippen LogP contribution in [-0.2, 0) is 4.84 Å². The maximum atomic E-state index is 4.91. The number of oxime groups is 1. The Kier molecular flexibility index (Phi) is 2.82.